The van der Waals surface area contributed by atoms with Crippen LogP contribution >= 0.6 is 0 Å². The smallest absolute Gasteiger partial charge is 0.444 e. The standard InChI is InChI=1S/C22H38BN3O4/c1-15-17(23-29-21(7,8)22(9,10)30-23)13-24-26(15)16-11-12-20(5,6)25(14-16)18(27)28-19(2,3)4/h13,16H,11-12,14H2,1-10H3. The van der Waals surface area contributed by atoms with Crippen molar-refractivity contribution in [1.29, 1.82) is 0 Å². The summed E-state index contributed by atoms with van der Waals surface area (Å²) in [6.45, 7) is 20.7. The number of piperidine rings is 1. The Bertz CT molecular complexity index is 794. The molecule has 0 bridgehead atoms. The van der Waals surface area contributed by atoms with Crippen LogP contribution in [0, 0.1) is 6.92 Å². The van der Waals surface area contributed by atoms with Gasteiger partial charge in [0.25, 0.3) is 0 Å². The van der Waals surface area contributed by atoms with Gasteiger partial charge in [-0.2, -0.15) is 5.10 Å². The minimum absolute atomic E-state index is 0.0849. The Kier molecular flexibility index (Phi) is 5.60. The predicted molar refractivity (Wildman–Crippen MR) is 118 cm³/mol. The number of carbonyl (C=O) groups is 1. The third-order valence-electron chi connectivity index (χ3n) is 6.76. The van der Waals surface area contributed by atoms with E-state index in [2.05, 4.69) is 46.6 Å². The summed E-state index contributed by atoms with van der Waals surface area (Å²) in [6, 6.07) is 0.0849. The number of hydrogen-bond acceptors (Lipinski definition) is 5. The quantitative estimate of drug-likeness (QED) is 0.682. The summed E-state index contributed by atoms with van der Waals surface area (Å²) in [5.41, 5.74) is 0.396. The Morgan fingerprint density at radius 3 is 2.27 bits per heavy atom. The SMILES string of the molecule is Cc1c(B2OC(C)(C)C(C)(C)O2)cnn1C1CCC(C)(C)N(C(=O)OC(C)(C)C)C1. The summed E-state index contributed by atoms with van der Waals surface area (Å²) >= 11 is 0. The van der Waals surface area contributed by atoms with Crippen LogP contribution in [0.15, 0.2) is 6.20 Å². The van der Waals surface area contributed by atoms with Crippen LogP contribution in [-0.4, -0.2) is 56.8 Å². The molecule has 0 N–H and O–H groups in total. The second kappa shape index (κ2) is 7.26. The molecule has 8 heteroatoms. The molecule has 30 heavy (non-hydrogen) atoms. The van der Waals surface area contributed by atoms with Gasteiger partial charge in [0.2, 0.25) is 0 Å². The Balaban J connectivity index is 1.81. The van der Waals surface area contributed by atoms with E-state index in [0.29, 0.717) is 6.54 Å². The summed E-state index contributed by atoms with van der Waals surface area (Å²) in [5, 5.41) is 4.67. The third-order valence-corrected chi connectivity index (χ3v) is 6.76. The number of rotatable bonds is 2. The van der Waals surface area contributed by atoms with E-state index in [1.165, 1.54) is 0 Å². The zero-order valence-electron chi connectivity index (χ0n) is 20.3. The largest absolute Gasteiger partial charge is 0.498 e. The molecular formula is C22H38BN3O4. The lowest BCUT2D eigenvalue weighted by molar-refractivity contribution is -0.0157. The highest BCUT2D eigenvalue weighted by Crippen LogP contribution is 2.37. The van der Waals surface area contributed by atoms with Crippen LogP contribution < -0.4 is 5.46 Å². The fraction of sp³-hybridized carbons (Fsp3) is 0.818. The molecule has 2 saturated heterocycles. The van der Waals surface area contributed by atoms with Gasteiger partial charge in [-0.15, -0.1) is 0 Å². The van der Waals surface area contributed by atoms with Crippen molar-refractivity contribution in [2.45, 2.75) is 110 Å². The molecule has 1 atom stereocenters. The normalized spacial score (nSPS) is 25.5. The van der Waals surface area contributed by atoms with Crippen LogP contribution in [0.5, 0.6) is 0 Å². The van der Waals surface area contributed by atoms with Gasteiger partial charge in [0.05, 0.1) is 17.2 Å². The van der Waals surface area contributed by atoms with Gasteiger partial charge in [0.1, 0.15) is 5.60 Å². The number of aromatic nitrogens is 2. The maximum absolute atomic E-state index is 12.9. The van der Waals surface area contributed by atoms with E-state index in [1.54, 1.807) is 0 Å². The monoisotopic (exact) mass is 419 g/mol. The molecule has 0 saturated carbocycles. The van der Waals surface area contributed by atoms with E-state index in [4.69, 9.17) is 14.0 Å². The molecule has 1 unspecified atom stereocenters. The molecular weight excluding hydrogens is 381 g/mol. The molecule has 1 aromatic heterocycles. The molecule has 0 spiro atoms. The lowest BCUT2D eigenvalue weighted by atomic mass is 9.79. The van der Waals surface area contributed by atoms with Gasteiger partial charge in [-0.05, 0) is 82.1 Å². The Labute approximate surface area is 181 Å². The van der Waals surface area contributed by atoms with Crippen LogP contribution in [0.4, 0.5) is 4.79 Å². The molecule has 0 aromatic carbocycles. The van der Waals surface area contributed by atoms with Gasteiger partial charge in [-0.3, -0.25) is 4.68 Å². The molecule has 3 rings (SSSR count). The van der Waals surface area contributed by atoms with Crippen molar-refractivity contribution < 1.29 is 18.8 Å². The number of amides is 1. The van der Waals surface area contributed by atoms with Gasteiger partial charge in [0, 0.05) is 29.4 Å². The Morgan fingerprint density at radius 1 is 1.17 bits per heavy atom. The first-order chi connectivity index (χ1) is 13.5. The number of nitrogens with zero attached hydrogens (tertiary/aromatic N) is 3. The van der Waals surface area contributed by atoms with Crippen molar-refractivity contribution in [1.82, 2.24) is 14.7 Å². The molecule has 2 fully saturated rings. The van der Waals surface area contributed by atoms with Crippen LogP contribution in [-0.2, 0) is 14.0 Å². The zero-order valence-corrected chi connectivity index (χ0v) is 20.3. The minimum Gasteiger partial charge on any atom is -0.444 e. The zero-order chi connectivity index (χ0) is 22.7. The Morgan fingerprint density at radius 2 is 1.73 bits per heavy atom. The summed E-state index contributed by atoms with van der Waals surface area (Å²) in [4.78, 5) is 14.7. The molecule has 168 valence electrons. The van der Waals surface area contributed by atoms with Gasteiger partial charge in [-0.1, -0.05) is 0 Å². The van der Waals surface area contributed by atoms with E-state index < -0.39 is 23.9 Å². The summed E-state index contributed by atoms with van der Waals surface area (Å²) in [7, 11) is -0.439. The molecule has 0 aliphatic carbocycles. The lowest BCUT2D eigenvalue weighted by Crippen LogP contribution is -2.55. The average molecular weight is 419 g/mol. The maximum Gasteiger partial charge on any atom is 0.498 e. The maximum atomic E-state index is 12.9. The summed E-state index contributed by atoms with van der Waals surface area (Å²) < 4.78 is 20.1. The van der Waals surface area contributed by atoms with Crippen molar-refractivity contribution >= 4 is 18.7 Å². The average Bonchev–Trinajstić information content (AvgIpc) is 3.02. The molecule has 2 aliphatic rings. The van der Waals surface area contributed by atoms with Crippen LogP contribution in [0.25, 0.3) is 0 Å². The van der Waals surface area contributed by atoms with Crippen molar-refractivity contribution in [2.75, 3.05) is 6.54 Å². The van der Waals surface area contributed by atoms with E-state index in [1.807, 2.05) is 43.5 Å². The van der Waals surface area contributed by atoms with E-state index in [9.17, 15) is 4.79 Å². The summed E-state index contributed by atoms with van der Waals surface area (Å²) in [6.07, 6.45) is 3.39. The number of carbonyl (C=O) groups excluding carboxylic acids is 1. The van der Waals surface area contributed by atoms with E-state index >= 15 is 0 Å². The molecule has 7 nitrogen and oxygen atoms in total. The highest BCUT2D eigenvalue weighted by molar-refractivity contribution is 6.62. The highest BCUT2D eigenvalue weighted by atomic mass is 16.7. The first kappa shape index (κ1) is 23.1. The van der Waals surface area contributed by atoms with Gasteiger partial charge < -0.3 is 18.9 Å². The van der Waals surface area contributed by atoms with Crippen molar-refractivity contribution in [2.24, 2.45) is 0 Å². The fourth-order valence-corrected chi connectivity index (χ4v) is 4.05. The predicted octanol–water partition coefficient (Wildman–Crippen LogP) is 3.84. The van der Waals surface area contributed by atoms with Gasteiger partial charge in [0.15, 0.2) is 0 Å². The van der Waals surface area contributed by atoms with Gasteiger partial charge >= 0.3 is 13.2 Å². The highest BCUT2D eigenvalue weighted by Gasteiger charge is 2.52. The number of ether oxygens (including phenoxy) is 1. The number of hydrogen-bond donors (Lipinski definition) is 0. The second-order valence-corrected chi connectivity index (χ2v) is 11.3. The second-order valence-electron chi connectivity index (χ2n) is 11.3. The molecule has 3 heterocycles. The third kappa shape index (κ3) is 4.26. The molecule has 1 amide bonds. The van der Waals surface area contributed by atoms with E-state index in [-0.39, 0.29) is 17.7 Å². The topological polar surface area (TPSA) is 65.8 Å². The number of likely N-dealkylation sites (tertiary alicyclic amines) is 1. The first-order valence-electron chi connectivity index (χ1n) is 10.9. The van der Waals surface area contributed by atoms with E-state index in [0.717, 1.165) is 24.0 Å². The fourth-order valence-electron chi connectivity index (χ4n) is 4.05. The van der Waals surface area contributed by atoms with Crippen LogP contribution in [0.1, 0.15) is 86.9 Å². The van der Waals surface area contributed by atoms with Crippen molar-refractivity contribution in [3.63, 3.8) is 0 Å². The molecule has 0 radical (unpaired) electrons. The van der Waals surface area contributed by atoms with Crippen LogP contribution in [0.3, 0.4) is 0 Å². The first-order valence-corrected chi connectivity index (χ1v) is 10.9. The Hall–Kier alpha value is -1.54. The van der Waals surface area contributed by atoms with Crippen LogP contribution in [0.2, 0.25) is 0 Å². The van der Waals surface area contributed by atoms with Crippen molar-refractivity contribution in [3.05, 3.63) is 11.9 Å². The van der Waals surface area contributed by atoms with Crippen molar-refractivity contribution in [3.8, 4) is 0 Å². The minimum atomic E-state index is -0.522. The molecule has 2 aliphatic heterocycles. The summed E-state index contributed by atoms with van der Waals surface area (Å²) in [5.74, 6) is 0. The lowest BCUT2D eigenvalue weighted by Gasteiger charge is -2.45. The molecule has 1 aromatic rings. The van der Waals surface area contributed by atoms with Gasteiger partial charge in [-0.25, -0.2) is 4.79 Å².